The largest absolute Gasteiger partial charge is 0.363 e. The molecule has 0 aliphatic heterocycles. The highest BCUT2D eigenvalue weighted by atomic mass is 16.5. The Morgan fingerprint density at radius 2 is 2.25 bits per heavy atom. The van der Waals surface area contributed by atoms with Crippen LogP contribution in [0.15, 0.2) is 16.9 Å². The van der Waals surface area contributed by atoms with Gasteiger partial charge in [0.25, 0.3) is 0 Å². The molecule has 0 radical (unpaired) electrons. The number of amides is 1. The van der Waals surface area contributed by atoms with Crippen molar-refractivity contribution >= 4 is 11.7 Å². The van der Waals surface area contributed by atoms with Crippen molar-refractivity contribution in [2.24, 2.45) is 5.41 Å². The summed E-state index contributed by atoms with van der Waals surface area (Å²) in [5.74, 6) is 0.381. The number of rotatable bonds is 1. The lowest BCUT2D eigenvalue weighted by atomic mass is 9.96. The number of nitrogens with zero attached hydrogens (tertiary/aromatic N) is 1. The highest BCUT2D eigenvalue weighted by Gasteiger charge is 2.21. The first-order valence-electron chi connectivity index (χ1n) is 3.72. The maximum Gasteiger partial charge on any atom is 0.230 e. The van der Waals surface area contributed by atoms with Crippen molar-refractivity contribution in [2.45, 2.75) is 20.8 Å². The van der Waals surface area contributed by atoms with Crippen LogP contribution in [0.25, 0.3) is 0 Å². The zero-order chi connectivity index (χ0) is 9.19. The molecule has 0 spiro atoms. The number of hydrogen-bond acceptors (Lipinski definition) is 3. The van der Waals surface area contributed by atoms with Gasteiger partial charge in [-0.25, -0.2) is 0 Å². The normalized spacial score (nSPS) is 11.2. The summed E-state index contributed by atoms with van der Waals surface area (Å²) in [6, 6.07) is 1.60. The van der Waals surface area contributed by atoms with Gasteiger partial charge in [-0.1, -0.05) is 25.9 Å². The van der Waals surface area contributed by atoms with Crippen LogP contribution in [0.2, 0.25) is 0 Å². The lowest BCUT2D eigenvalue weighted by molar-refractivity contribution is -0.123. The van der Waals surface area contributed by atoms with Gasteiger partial charge in [-0.3, -0.25) is 4.79 Å². The molecule has 0 aliphatic rings. The van der Waals surface area contributed by atoms with Crippen LogP contribution in [0.3, 0.4) is 0 Å². The van der Waals surface area contributed by atoms with Gasteiger partial charge < -0.3 is 9.84 Å². The van der Waals surface area contributed by atoms with E-state index in [1.54, 1.807) is 6.07 Å². The smallest absolute Gasteiger partial charge is 0.230 e. The predicted molar refractivity (Wildman–Crippen MR) is 44.6 cm³/mol. The first-order chi connectivity index (χ1) is 5.50. The number of carbonyl (C=O) groups excluding carboxylic acids is 1. The standard InChI is InChI=1S/C8H12N2O2/c1-8(2,3)7(11)9-6-4-5-12-10-6/h4-5H,1-3H3,(H,9,10,11). The van der Waals surface area contributed by atoms with E-state index in [0.717, 1.165) is 0 Å². The molecule has 0 unspecified atom stereocenters. The second kappa shape index (κ2) is 2.97. The zero-order valence-electron chi connectivity index (χ0n) is 7.42. The third-order valence-electron chi connectivity index (χ3n) is 1.36. The molecule has 1 aromatic heterocycles. The number of aromatic nitrogens is 1. The van der Waals surface area contributed by atoms with Gasteiger partial charge in [-0.05, 0) is 0 Å². The van der Waals surface area contributed by atoms with E-state index in [0.29, 0.717) is 5.82 Å². The molecule has 4 heteroatoms. The van der Waals surface area contributed by atoms with Gasteiger partial charge >= 0.3 is 0 Å². The van der Waals surface area contributed by atoms with Crippen molar-refractivity contribution in [3.05, 3.63) is 12.3 Å². The fraction of sp³-hybridized carbons (Fsp3) is 0.500. The van der Waals surface area contributed by atoms with Crippen LogP contribution in [0.1, 0.15) is 20.8 Å². The van der Waals surface area contributed by atoms with Gasteiger partial charge in [0.15, 0.2) is 5.82 Å². The van der Waals surface area contributed by atoms with Crippen molar-refractivity contribution in [3.63, 3.8) is 0 Å². The molecule has 1 rings (SSSR count). The molecule has 1 amide bonds. The second-order valence-corrected chi connectivity index (χ2v) is 3.59. The molecule has 66 valence electrons. The fourth-order valence-electron chi connectivity index (χ4n) is 0.581. The maximum absolute atomic E-state index is 11.3. The summed E-state index contributed by atoms with van der Waals surface area (Å²) in [5, 5.41) is 6.18. The summed E-state index contributed by atoms with van der Waals surface area (Å²) in [6.07, 6.45) is 1.41. The van der Waals surface area contributed by atoms with E-state index >= 15 is 0 Å². The molecule has 0 bridgehead atoms. The quantitative estimate of drug-likeness (QED) is 0.693. The molecule has 0 aromatic carbocycles. The molecule has 1 heterocycles. The van der Waals surface area contributed by atoms with E-state index in [-0.39, 0.29) is 5.91 Å². The van der Waals surface area contributed by atoms with Crippen LogP contribution >= 0.6 is 0 Å². The Morgan fingerprint density at radius 1 is 1.58 bits per heavy atom. The van der Waals surface area contributed by atoms with Crippen LogP contribution in [0.4, 0.5) is 5.82 Å². The summed E-state index contributed by atoms with van der Waals surface area (Å²) in [7, 11) is 0. The lowest BCUT2D eigenvalue weighted by Crippen LogP contribution is -2.27. The Balaban J connectivity index is 2.60. The maximum atomic E-state index is 11.3. The van der Waals surface area contributed by atoms with Gasteiger partial charge in [0, 0.05) is 11.5 Å². The van der Waals surface area contributed by atoms with E-state index in [1.165, 1.54) is 6.26 Å². The van der Waals surface area contributed by atoms with E-state index < -0.39 is 5.41 Å². The predicted octanol–water partition coefficient (Wildman–Crippen LogP) is 1.66. The molecule has 1 aromatic rings. The van der Waals surface area contributed by atoms with Crippen LogP contribution in [0, 0.1) is 5.41 Å². The molecule has 0 saturated heterocycles. The molecule has 12 heavy (non-hydrogen) atoms. The van der Waals surface area contributed by atoms with Crippen molar-refractivity contribution < 1.29 is 9.32 Å². The van der Waals surface area contributed by atoms with Crippen molar-refractivity contribution in [2.75, 3.05) is 5.32 Å². The van der Waals surface area contributed by atoms with Gasteiger partial charge in [-0.15, -0.1) is 0 Å². The Morgan fingerprint density at radius 3 is 2.67 bits per heavy atom. The molecule has 0 fully saturated rings. The molecule has 0 atom stereocenters. The van der Waals surface area contributed by atoms with Crippen molar-refractivity contribution in [3.8, 4) is 0 Å². The Hall–Kier alpha value is -1.32. The molecule has 1 N–H and O–H groups in total. The van der Waals surface area contributed by atoms with E-state index in [4.69, 9.17) is 0 Å². The summed E-state index contributed by atoms with van der Waals surface area (Å²) in [5.41, 5.74) is -0.404. The molecule has 4 nitrogen and oxygen atoms in total. The fourth-order valence-corrected chi connectivity index (χ4v) is 0.581. The average molecular weight is 168 g/mol. The summed E-state index contributed by atoms with van der Waals surface area (Å²) >= 11 is 0. The first kappa shape index (κ1) is 8.77. The number of carbonyl (C=O) groups is 1. The number of nitrogens with one attached hydrogen (secondary N) is 1. The van der Waals surface area contributed by atoms with Crippen LogP contribution in [-0.4, -0.2) is 11.1 Å². The molecule has 0 saturated carbocycles. The van der Waals surface area contributed by atoms with Crippen LogP contribution in [-0.2, 0) is 4.79 Å². The van der Waals surface area contributed by atoms with Gasteiger partial charge in [0.05, 0.1) is 0 Å². The second-order valence-electron chi connectivity index (χ2n) is 3.59. The minimum atomic E-state index is -0.404. The van der Waals surface area contributed by atoms with Crippen molar-refractivity contribution in [1.29, 1.82) is 0 Å². The Kier molecular flexibility index (Phi) is 2.17. The number of anilines is 1. The summed E-state index contributed by atoms with van der Waals surface area (Å²) < 4.78 is 4.56. The Labute approximate surface area is 70.9 Å². The minimum absolute atomic E-state index is 0.0728. The van der Waals surface area contributed by atoms with Gasteiger partial charge in [0.1, 0.15) is 6.26 Å². The average Bonchev–Trinajstić information content (AvgIpc) is 2.37. The summed E-state index contributed by atoms with van der Waals surface area (Å²) in [6.45, 7) is 5.51. The van der Waals surface area contributed by atoms with Crippen LogP contribution in [0.5, 0.6) is 0 Å². The van der Waals surface area contributed by atoms with E-state index in [2.05, 4.69) is 15.0 Å². The highest BCUT2D eigenvalue weighted by molar-refractivity contribution is 5.93. The third kappa shape index (κ3) is 2.08. The molecule has 0 aliphatic carbocycles. The first-order valence-corrected chi connectivity index (χ1v) is 3.72. The highest BCUT2D eigenvalue weighted by Crippen LogP contribution is 2.15. The third-order valence-corrected chi connectivity index (χ3v) is 1.36. The minimum Gasteiger partial charge on any atom is -0.363 e. The van der Waals surface area contributed by atoms with Gasteiger partial charge in [-0.2, -0.15) is 0 Å². The van der Waals surface area contributed by atoms with Crippen LogP contribution < -0.4 is 5.32 Å². The van der Waals surface area contributed by atoms with Crippen molar-refractivity contribution in [1.82, 2.24) is 5.16 Å². The SMILES string of the molecule is CC(C)(C)C(=O)Nc1ccon1. The van der Waals surface area contributed by atoms with Gasteiger partial charge in [0.2, 0.25) is 5.91 Å². The topological polar surface area (TPSA) is 55.1 Å². The monoisotopic (exact) mass is 168 g/mol. The van der Waals surface area contributed by atoms with E-state index in [9.17, 15) is 4.79 Å². The lowest BCUT2D eigenvalue weighted by Gasteiger charge is -2.15. The van der Waals surface area contributed by atoms with E-state index in [1.807, 2.05) is 20.8 Å². The Bertz CT molecular complexity index is 259. The number of hydrogen-bond donors (Lipinski definition) is 1. The molecular weight excluding hydrogens is 156 g/mol. The molecular formula is C8H12N2O2. The summed E-state index contributed by atoms with van der Waals surface area (Å²) in [4.78, 5) is 11.3. The zero-order valence-corrected chi connectivity index (χ0v) is 7.42.